The summed E-state index contributed by atoms with van der Waals surface area (Å²) in [6.45, 7) is 2.38. The third-order valence-corrected chi connectivity index (χ3v) is 3.62. The minimum absolute atomic E-state index is 0.0680. The molecule has 24 heavy (non-hydrogen) atoms. The van der Waals surface area contributed by atoms with E-state index in [4.69, 9.17) is 20.8 Å². The molecule has 1 N–H and O–H groups in total. The highest BCUT2D eigenvalue weighted by atomic mass is 35.5. The molecule has 3 rings (SSSR count). The lowest BCUT2D eigenvalue weighted by Crippen LogP contribution is -2.20. The van der Waals surface area contributed by atoms with Crippen molar-refractivity contribution in [3.05, 3.63) is 69.5 Å². The number of carbonyl (C=O) groups is 1. The van der Waals surface area contributed by atoms with Crippen molar-refractivity contribution >= 4 is 34.2 Å². The van der Waals surface area contributed by atoms with Crippen LogP contribution >= 0.6 is 11.6 Å². The Morgan fingerprint density at radius 2 is 1.92 bits per heavy atom. The summed E-state index contributed by atoms with van der Waals surface area (Å²) in [5.41, 5.74) is 0.133. The Labute approximate surface area is 142 Å². The van der Waals surface area contributed by atoms with Gasteiger partial charge in [0.05, 0.1) is 6.61 Å². The van der Waals surface area contributed by atoms with E-state index in [1.807, 2.05) is 6.92 Å². The van der Waals surface area contributed by atoms with Crippen molar-refractivity contribution in [1.82, 2.24) is 0 Å². The molecule has 0 unspecified atom stereocenters. The molecule has 3 aromatic rings. The van der Waals surface area contributed by atoms with Gasteiger partial charge >= 0.3 is 5.63 Å². The summed E-state index contributed by atoms with van der Waals surface area (Å²) < 4.78 is 10.6. The summed E-state index contributed by atoms with van der Waals surface area (Å²) in [4.78, 5) is 24.4. The summed E-state index contributed by atoms with van der Waals surface area (Å²) >= 11 is 5.80. The number of anilines is 1. The van der Waals surface area contributed by atoms with Crippen molar-refractivity contribution < 1.29 is 13.9 Å². The molecule has 122 valence electrons. The molecule has 0 radical (unpaired) electrons. The number of hydrogen-bond donors (Lipinski definition) is 1. The van der Waals surface area contributed by atoms with E-state index in [1.54, 1.807) is 42.5 Å². The molecule has 5 nitrogen and oxygen atoms in total. The molecular weight excluding hydrogens is 330 g/mol. The van der Waals surface area contributed by atoms with Gasteiger partial charge in [-0.3, -0.25) is 4.79 Å². The zero-order valence-corrected chi connectivity index (χ0v) is 13.6. The Balaban J connectivity index is 1.92. The van der Waals surface area contributed by atoms with E-state index in [9.17, 15) is 9.59 Å². The molecule has 1 amide bonds. The lowest BCUT2D eigenvalue weighted by Gasteiger charge is -2.07. The quantitative estimate of drug-likeness (QED) is 0.724. The molecule has 0 spiro atoms. The van der Waals surface area contributed by atoms with Crippen LogP contribution in [0.5, 0.6) is 5.75 Å². The Morgan fingerprint density at radius 1 is 1.17 bits per heavy atom. The van der Waals surface area contributed by atoms with Crippen LogP contribution in [0, 0.1) is 0 Å². The number of benzene rings is 2. The zero-order chi connectivity index (χ0) is 17.1. The molecular formula is C18H14ClNO4. The average molecular weight is 344 g/mol. The summed E-state index contributed by atoms with van der Waals surface area (Å²) in [5, 5.41) is 3.84. The van der Waals surface area contributed by atoms with E-state index in [2.05, 4.69) is 5.32 Å². The maximum absolute atomic E-state index is 12.3. The number of ether oxygens (including phenoxy) is 1. The van der Waals surface area contributed by atoms with Gasteiger partial charge in [-0.25, -0.2) is 4.79 Å². The fourth-order valence-electron chi connectivity index (χ4n) is 2.24. The van der Waals surface area contributed by atoms with Crippen LogP contribution in [0.2, 0.25) is 5.02 Å². The van der Waals surface area contributed by atoms with Crippen LogP contribution in [0.3, 0.4) is 0 Å². The first-order chi connectivity index (χ1) is 11.6. The number of hydrogen-bond acceptors (Lipinski definition) is 4. The van der Waals surface area contributed by atoms with E-state index in [0.29, 0.717) is 34.0 Å². The molecule has 0 aliphatic carbocycles. The van der Waals surface area contributed by atoms with Gasteiger partial charge in [-0.05, 0) is 49.4 Å². The van der Waals surface area contributed by atoms with Crippen molar-refractivity contribution in [3.63, 3.8) is 0 Å². The summed E-state index contributed by atoms with van der Waals surface area (Å²) in [6, 6.07) is 13.2. The first-order valence-corrected chi connectivity index (χ1v) is 7.72. The highest BCUT2D eigenvalue weighted by Crippen LogP contribution is 2.21. The molecule has 0 atom stereocenters. The minimum Gasteiger partial charge on any atom is -0.494 e. The van der Waals surface area contributed by atoms with Gasteiger partial charge in [0.1, 0.15) is 16.9 Å². The Hall–Kier alpha value is -2.79. The predicted octanol–water partition coefficient (Wildman–Crippen LogP) is 4.10. The van der Waals surface area contributed by atoms with Gasteiger partial charge in [-0.15, -0.1) is 0 Å². The van der Waals surface area contributed by atoms with Crippen molar-refractivity contribution in [2.24, 2.45) is 0 Å². The summed E-state index contributed by atoms with van der Waals surface area (Å²) in [7, 11) is 0. The lowest BCUT2D eigenvalue weighted by atomic mass is 10.1. The van der Waals surface area contributed by atoms with E-state index < -0.39 is 11.5 Å². The molecule has 2 aromatic carbocycles. The SMILES string of the molecule is CCOc1ccc2cc(C(=O)Nc3ccc(Cl)cc3)c(=O)oc2c1. The zero-order valence-electron chi connectivity index (χ0n) is 12.8. The Morgan fingerprint density at radius 3 is 2.62 bits per heavy atom. The maximum Gasteiger partial charge on any atom is 0.349 e. The van der Waals surface area contributed by atoms with Gasteiger partial charge in [-0.2, -0.15) is 0 Å². The summed E-state index contributed by atoms with van der Waals surface area (Å²) in [5.74, 6) is 0.0633. The maximum atomic E-state index is 12.3. The third-order valence-electron chi connectivity index (χ3n) is 3.37. The fraction of sp³-hybridized carbons (Fsp3) is 0.111. The van der Waals surface area contributed by atoms with Crippen molar-refractivity contribution in [1.29, 1.82) is 0 Å². The average Bonchev–Trinajstić information content (AvgIpc) is 2.56. The van der Waals surface area contributed by atoms with Crippen molar-refractivity contribution in [2.75, 3.05) is 11.9 Å². The first-order valence-electron chi connectivity index (χ1n) is 7.34. The number of rotatable bonds is 4. The molecule has 1 heterocycles. The molecule has 0 aliphatic rings. The molecule has 0 fully saturated rings. The minimum atomic E-state index is -0.706. The van der Waals surface area contributed by atoms with Crippen LogP contribution in [0.4, 0.5) is 5.69 Å². The second kappa shape index (κ2) is 6.76. The molecule has 0 bridgehead atoms. The monoisotopic (exact) mass is 343 g/mol. The first kappa shape index (κ1) is 16.1. The van der Waals surface area contributed by atoms with Crippen molar-refractivity contribution in [3.8, 4) is 5.75 Å². The second-order valence-corrected chi connectivity index (χ2v) is 5.48. The van der Waals surface area contributed by atoms with Gasteiger partial charge in [0.2, 0.25) is 0 Å². The largest absolute Gasteiger partial charge is 0.494 e. The van der Waals surface area contributed by atoms with Gasteiger partial charge < -0.3 is 14.5 Å². The highest BCUT2D eigenvalue weighted by Gasteiger charge is 2.14. The highest BCUT2D eigenvalue weighted by molar-refractivity contribution is 6.30. The number of fused-ring (bicyclic) bond motifs is 1. The van der Waals surface area contributed by atoms with Gasteiger partial charge in [0.25, 0.3) is 5.91 Å². The lowest BCUT2D eigenvalue weighted by molar-refractivity contribution is 0.102. The van der Waals surface area contributed by atoms with E-state index in [1.165, 1.54) is 6.07 Å². The fourth-order valence-corrected chi connectivity index (χ4v) is 2.36. The van der Waals surface area contributed by atoms with E-state index >= 15 is 0 Å². The van der Waals surface area contributed by atoms with E-state index in [-0.39, 0.29) is 5.56 Å². The number of nitrogens with one attached hydrogen (secondary N) is 1. The van der Waals surface area contributed by atoms with Crippen molar-refractivity contribution in [2.45, 2.75) is 6.92 Å². The van der Waals surface area contributed by atoms with Crippen LogP contribution in [-0.2, 0) is 0 Å². The molecule has 1 aromatic heterocycles. The molecule has 0 saturated heterocycles. The Bertz CT molecular complexity index is 947. The topological polar surface area (TPSA) is 68.5 Å². The summed E-state index contributed by atoms with van der Waals surface area (Å²) in [6.07, 6.45) is 0. The molecule has 0 aliphatic heterocycles. The van der Waals surface area contributed by atoms with Gasteiger partial charge in [0.15, 0.2) is 0 Å². The Kier molecular flexibility index (Phi) is 4.53. The van der Waals surface area contributed by atoms with Gasteiger partial charge in [-0.1, -0.05) is 11.6 Å². The van der Waals surface area contributed by atoms with Gasteiger partial charge in [0, 0.05) is 22.2 Å². The van der Waals surface area contributed by atoms with Crippen LogP contribution < -0.4 is 15.7 Å². The second-order valence-electron chi connectivity index (χ2n) is 5.04. The number of amides is 1. The van der Waals surface area contributed by atoms with Crippen LogP contribution in [-0.4, -0.2) is 12.5 Å². The number of halogens is 1. The third kappa shape index (κ3) is 3.41. The normalized spacial score (nSPS) is 10.6. The van der Waals surface area contributed by atoms with E-state index in [0.717, 1.165) is 0 Å². The van der Waals surface area contributed by atoms with Crippen LogP contribution in [0.15, 0.2) is 57.7 Å². The predicted molar refractivity (Wildman–Crippen MR) is 93.1 cm³/mol. The molecule has 0 saturated carbocycles. The number of carbonyl (C=O) groups excluding carboxylic acids is 1. The van der Waals surface area contributed by atoms with Crippen LogP contribution in [0.25, 0.3) is 11.0 Å². The standard InChI is InChI=1S/C18H14ClNO4/c1-2-23-14-8-3-11-9-15(18(22)24-16(11)10-14)17(21)20-13-6-4-12(19)5-7-13/h3-10H,2H2,1H3,(H,20,21). The van der Waals surface area contributed by atoms with Crippen LogP contribution in [0.1, 0.15) is 17.3 Å². The molecule has 6 heteroatoms. The smallest absolute Gasteiger partial charge is 0.349 e.